The van der Waals surface area contributed by atoms with E-state index >= 15 is 0 Å². The summed E-state index contributed by atoms with van der Waals surface area (Å²) >= 11 is 0. The fourth-order valence-electron chi connectivity index (χ4n) is 2.86. The van der Waals surface area contributed by atoms with E-state index in [0.717, 1.165) is 25.4 Å². The van der Waals surface area contributed by atoms with Gasteiger partial charge in [-0.25, -0.2) is 13.1 Å². The summed E-state index contributed by atoms with van der Waals surface area (Å²) in [6, 6.07) is 0. The molecule has 0 atom stereocenters. The summed E-state index contributed by atoms with van der Waals surface area (Å²) in [4.78, 5) is 6.71. The molecule has 25 heavy (non-hydrogen) atoms. The van der Waals surface area contributed by atoms with Gasteiger partial charge < -0.3 is 15.5 Å². The SMILES string of the molecule is CN=C(NCCCN1CCC(C)CC1)NCC(C)(C)NS(C)(=O)=O.I. The minimum Gasteiger partial charge on any atom is -0.356 e. The first-order valence-electron chi connectivity index (χ1n) is 8.77. The number of sulfonamides is 1. The summed E-state index contributed by atoms with van der Waals surface area (Å²) in [5.41, 5.74) is -0.574. The maximum absolute atomic E-state index is 11.4. The molecule has 0 unspecified atom stereocenters. The average Bonchev–Trinajstić information content (AvgIpc) is 2.46. The van der Waals surface area contributed by atoms with Crippen molar-refractivity contribution in [2.75, 3.05) is 46.0 Å². The highest BCUT2D eigenvalue weighted by Gasteiger charge is 2.22. The number of guanidine groups is 1. The Kier molecular flexibility index (Phi) is 11.5. The standard InChI is InChI=1S/C16H35N5O2S.HI/c1-14-7-11-21(12-8-14)10-6-9-18-15(17-4)19-13-16(2,3)20-24(5,22)23;/h14,20H,6-13H2,1-5H3,(H2,17,18,19);1H. The third kappa shape index (κ3) is 12.0. The molecule has 3 N–H and O–H groups in total. The van der Waals surface area contributed by atoms with Gasteiger partial charge in [-0.15, -0.1) is 24.0 Å². The molecule has 1 heterocycles. The number of hydrogen-bond donors (Lipinski definition) is 3. The molecule has 0 radical (unpaired) electrons. The molecule has 1 fully saturated rings. The van der Waals surface area contributed by atoms with Gasteiger partial charge in [0.2, 0.25) is 10.0 Å². The number of aliphatic imine (C=N–C) groups is 1. The summed E-state index contributed by atoms with van der Waals surface area (Å²) in [6.45, 7) is 10.8. The molecule has 7 nitrogen and oxygen atoms in total. The van der Waals surface area contributed by atoms with E-state index in [1.165, 1.54) is 32.2 Å². The molecule has 0 aromatic carbocycles. The second kappa shape index (κ2) is 11.6. The predicted octanol–water partition coefficient (Wildman–Crippen LogP) is 1.22. The van der Waals surface area contributed by atoms with Crippen LogP contribution in [0, 0.1) is 5.92 Å². The molecule has 9 heteroatoms. The Balaban J connectivity index is 0.00000576. The first kappa shape index (κ1) is 24.9. The lowest BCUT2D eigenvalue weighted by Gasteiger charge is -2.30. The van der Waals surface area contributed by atoms with Crippen LogP contribution >= 0.6 is 24.0 Å². The number of halogens is 1. The van der Waals surface area contributed by atoms with Gasteiger partial charge in [0.1, 0.15) is 0 Å². The van der Waals surface area contributed by atoms with Crippen LogP contribution in [0.3, 0.4) is 0 Å². The van der Waals surface area contributed by atoms with Crippen LogP contribution in [-0.2, 0) is 10.0 Å². The first-order valence-corrected chi connectivity index (χ1v) is 10.7. The lowest BCUT2D eigenvalue weighted by atomic mass is 9.99. The van der Waals surface area contributed by atoms with Crippen LogP contribution in [0.1, 0.15) is 40.0 Å². The summed E-state index contributed by atoms with van der Waals surface area (Å²) < 4.78 is 25.3. The maximum Gasteiger partial charge on any atom is 0.209 e. The third-order valence-electron chi connectivity index (χ3n) is 4.20. The van der Waals surface area contributed by atoms with E-state index in [2.05, 4.69) is 32.2 Å². The molecule has 0 aliphatic carbocycles. The van der Waals surface area contributed by atoms with Crippen molar-refractivity contribution < 1.29 is 8.42 Å². The van der Waals surface area contributed by atoms with E-state index in [4.69, 9.17) is 0 Å². The van der Waals surface area contributed by atoms with Crippen molar-refractivity contribution >= 4 is 40.0 Å². The van der Waals surface area contributed by atoms with Gasteiger partial charge in [-0.3, -0.25) is 4.99 Å². The second-order valence-corrected chi connectivity index (χ2v) is 9.24. The minimum absolute atomic E-state index is 0. The summed E-state index contributed by atoms with van der Waals surface area (Å²) in [6.07, 6.45) is 4.85. The second-order valence-electron chi connectivity index (χ2n) is 7.49. The molecule has 1 aliphatic rings. The van der Waals surface area contributed by atoms with E-state index in [0.29, 0.717) is 12.5 Å². The predicted molar refractivity (Wildman–Crippen MR) is 116 cm³/mol. The van der Waals surface area contributed by atoms with Gasteiger partial charge in [0, 0.05) is 25.7 Å². The van der Waals surface area contributed by atoms with Crippen molar-refractivity contribution in [3.05, 3.63) is 0 Å². The van der Waals surface area contributed by atoms with E-state index in [1.54, 1.807) is 7.05 Å². The third-order valence-corrected chi connectivity index (χ3v) is 5.13. The van der Waals surface area contributed by atoms with Crippen LogP contribution in [0.15, 0.2) is 4.99 Å². The molecule has 1 aliphatic heterocycles. The molecule has 1 rings (SSSR count). The van der Waals surface area contributed by atoms with Crippen molar-refractivity contribution in [2.45, 2.75) is 45.6 Å². The van der Waals surface area contributed by atoms with Crippen LogP contribution in [0.4, 0.5) is 0 Å². The number of rotatable bonds is 8. The molecule has 0 spiro atoms. The van der Waals surface area contributed by atoms with Gasteiger partial charge in [0.15, 0.2) is 5.96 Å². The average molecular weight is 489 g/mol. The molecule has 0 aromatic heterocycles. The molecule has 1 saturated heterocycles. The Hall–Kier alpha value is -0.130. The largest absolute Gasteiger partial charge is 0.356 e. The molecule has 0 bridgehead atoms. The quantitative estimate of drug-likeness (QED) is 0.207. The van der Waals surface area contributed by atoms with Crippen molar-refractivity contribution in [1.82, 2.24) is 20.3 Å². The zero-order chi connectivity index (χ0) is 18.2. The number of likely N-dealkylation sites (tertiary alicyclic amines) is 1. The Morgan fingerprint density at radius 1 is 1.24 bits per heavy atom. The van der Waals surface area contributed by atoms with Crippen molar-refractivity contribution in [3.8, 4) is 0 Å². The Labute approximate surface area is 170 Å². The fourth-order valence-corrected chi connectivity index (χ4v) is 3.93. The summed E-state index contributed by atoms with van der Waals surface area (Å²) in [7, 11) is -1.51. The van der Waals surface area contributed by atoms with Crippen molar-refractivity contribution in [2.24, 2.45) is 10.9 Å². The highest BCUT2D eigenvalue weighted by molar-refractivity contribution is 14.0. The topological polar surface area (TPSA) is 85.8 Å². The van der Waals surface area contributed by atoms with E-state index in [-0.39, 0.29) is 24.0 Å². The van der Waals surface area contributed by atoms with Gasteiger partial charge in [-0.1, -0.05) is 6.92 Å². The Morgan fingerprint density at radius 2 is 1.84 bits per heavy atom. The summed E-state index contributed by atoms with van der Waals surface area (Å²) in [5, 5.41) is 6.46. The summed E-state index contributed by atoms with van der Waals surface area (Å²) in [5.74, 6) is 1.57. The first-order chi connectivity index (χ1) is 11.1. The molecule has 0 saturated carbocycles. The van der Waals surface area contributed by atoms with Crippen molar-refractivity contribution in [3.63, 3.8) is 0 Å². The highest BCUT2D eigenvalue weighted by Crippen LogP contribution is 2.15. The number of piperidine rings is 1. The van der Waals surface area contributed by atoms with Gasteiger partial charge in [0.25, 0.3) is 0 Å². The zero-order valence-corrected chi connectivity index (χ0v) is 19.4. The van der Waals surface area contributed by atoms with E-state index < -0.39 is 15.6 Å². The lowest BCUT2D eigenvalue weighted by Crippen LogP contribution is -2.53. The number of nitrogens with zero attached hydrogens (tertiary/aromatic N) is 2. The van der Waals surface area contributed by atoms with Crippen LogP contribution < -0.4 is 15.4 Å². The monoisotopic (exact) mass is 489 g/mol. The zero-order valence-electron chi connectivity index (χ0n) is 16.3. The highest BCUT2D eigenvalue weighted by atomic mass is 127. The maximum atomic E-state index is 11.4. The normalized spacial score (nSPS) is 17.9. The fraction of sp³-hybridized carbons (Fsp3) is 0.938. The smallest absolute Gasteiger partial charge is 0.209 e. The molecule has 0 aromatic rings. The van der Waals surface area contributed by atoms with Crippen molar-refractivity contribution in [1.29, 1.82) is 0 Å². The van der Waals surface area contributed by atoms with Crippen LogP contribution in [0.2, 0.25) is 0 Å². The molecular weight excluding hydrogens is 453 g/mol. The van der Waals surface area contributed by atoms with Crippen LogP contribution in [0.25, 0.3) is 0 Å². The molecular formula is C16H36IN5O2S. The molecule has 0 amide bonds. The lowest BCUT2D eigenvalue weighted by molar-refractivity contribution is 0.191. The Bertz CT molecular complexity index is 503. The van der Waals surface area contributed by atoms with Gasteiger partial charge in [0.05, 0.1) is 6.26 Å². The van der Waals surface area contributed by atoms with Crippen LogP contribution in [-0.4, -0.2) is 70.8 Å². The Morgan fingerprint density at radius 3 is 2.36 bits per heavy atom. The van der Waals surface area contributed by atoms with E-state index in [9.17, 15) is 8.42 Å². The van der Waals surface area contributed by atoms with E-state index in [1.807, 2.05) is 13.8 Å². The number of nitrogens with one attached hydrogen (secondary N) is 3. The van der Waals surface area contributed by atoms with Gasteiger partial charge in [-0.05, 0) is 58.7 Å². The molecule has 150 valence electrons. The number of hydrogen-bond acceptors (Lipinski definition) is 4. The van der Waals surface area contributed by atoms with Crippen LogP contribution in [0.5, 0.6) is 0 Å². The van der Waals surface area contributed by atoms with Gasteiger partial charge >= 0.3 is 0 Å². The van der Waals surface area contributed by atoms with Gasteiger partial charge in [-0.2, -0.15) is 0 Å². The minimum atomic E-state index is -3.23.